The molecule has 0 saturated carbocycles. The summed E-state index contributed by atoms with van der Waals surface area (Å²) in [4.78, 5) is 36.4. The van der Waals surface area contributed by atoms with Crippen LogP contribution in [0.4, 0.5) is 10.1 Å². The van der Waals surface area contributed by atoms with E-state index in [4.69, 9.17) is 16.3 Å². The van der Waals surface area contributed by atoms with Gasteiger partial charge >= 0.3 is 0 Å². The van der Waals surface area contributed by atoms with Crippen LogP contribution in [-0.4, -0.2) is 42.7 Å². The van der Waals surface area contributed by atoms with Gasteiger partial charge in [0.1, 0.15) is 16.4 Å². The van der Waals surface area contributed by atoms with Gasteiger partial charge in [-0.05, 0) is 48.7 Å². The Balaban J connectivity index is 1.74. The predicted molar refractivity (Wildman–Crippen MR) is 142 cm³/mol. The van der Waals surface area contributed by atoms with Gasteiger partial charge in [-0.25, -0.2) is 27.8 Å². The third kappa shape index (κ3) is 5.41. The number of aliphatic imine (C=N–C) groups is 1. The molecule has 1 amide bonds. The maximum atomic E-state index is 13.4. The molecule has 1 unspecified atom stereocenters. The molecule has 0 bridgehead atoms. The average Bonchev–Trinajstić information content (AvgIpc) is 2.89. The number of rotatable bonds is 8. The summed E-state index contributed by atoms with van der Waals surface area (Å²) in [6.07, 6.45) is 2.81. The molecule has 2 aromatic heterocycles. The number of nitrogens with one attached hydrogen (secondary N) is 1. The number of sulfonamides is 1. The molecule has 0 saturated heterocycles. The van der Waals surface area contributed by atoms with Gasteiger partial charge in [0, 0.05) is 18.3 Å². The normalized spacial score (nSPS) is 12.2. The lowest BCUT2D eigenvalue weighted by Crippen LogP contribution is -2.26. The van der Waals surface area contributed by atoms with Gasteiger partial charge in [0.05, 0.1) is 35.3 Å². The summed E-state index contributed by atoms with van der Waals surface area (Å²) in [6, 6.07) is 9.33. The van der Waals surface area contributed by atoms with Crippen molar-refractivity contribution < 1.29 is 22.3 Å². The number of carbonyl (C=O) groups excluding carboxylic acids is 1. The van der Waals surface area contributed by atoms with Crippen LogP contribution < -0.4 is 15.0 Å². The highest BCUT2D eigenvalue weighted by atomic mass is 35.5. The van der Waals surface area contributed by atoms with Crippen LogP contribution in [0.1, 0.15) is 6.92 Å². The zero-order chi connectivity index (χ0) is 27.6. The summed E-state index contributed by atoms with van der Waals surface area (Å²) >= 11 is 5.95. The Morgan fingerprint density at radius 2 is 1.97 bits per heavy atom. The summed E-state index contributed by atoms with van der Waals surface area (Å²) in [6.45, 7) is 4.93. The lowest BCUT2D eigenvalue weighted by atomic mass is 10.0. The van der Waals surface area contributed by atoms with E-state index in [0.29, 0.717) is 16.6 Å². The van der Waals surface area contributed by atoms with Crippen molar-refractivity contribution in [2.45, 2.75) is 18.4 Å². The first kappa shape index (κ1) is 26.9. The fraction of sp³-hybridized carbons (Fsp3) is 0.160. The van der Waals surface area contributed by atoms with Crippen molar-refractivity contribution in [3.05, 3.63) is 76.2 Å². The number of benzene rings is 2. The number of aromatic nitrogens is 3. The number of hydrogen-bond donors (Lipinski definition) is 1. The second-order valence-electron chi connectivity index (χ2n) is 8.29. The summed E-state index contributed by atoms with van der Waals surface area (Å²) in [5.74, 6) is -1.70. The molecule has 13 heteroatoms. The lowest BCUT2D eigenvalue weighted by molar-refractivity contribution is -0.121. The molecule has 4 aromatic rings. The highest BCUT2D eigenvalue weighted by Crippen LogP contribution is 2.32. The smallest absolute Gasteiger partial charge is 0.263 e. The van der Waals surface area contributed by atoms with E-state index in [2.05, 4.69) is 26.4 Å². The molecule has 0 aliphatic heterocycles. The van der Waals surface area contributed by atoms with Crippen LogP contribution in [0.5, 0.6) is 5.88 Å². The number of amides is 1. The molecule has 0 aliphatic carbocycles. The first-order chi connectivity index (χ1) is 18.0. The second kappa shape index (κ2) is 10.7. The maximum absolute atomic E-state index is 13.4. The van der Waals surface area contributed by atoms with Crippen molar-refractivity contribution in [2.24, 2.45) is 10.9 Å². The van der Waals surface area contributed by atoms with Crippen LogP contribution >= 0.6 is 11.6 Å². The molecule has 38 heavy (non-hydrogen) atoms. The maximum Gasteiger partial charge on any atom is 0.263 e. The summed E-state index contributed by atoms with van der Waals surface area (Å²) in [7, 11) is -2.91. The molecule has 1 N–H and O–H groups in total. The van der Waals surface area contributed by atoms with E-state index >= 15 is 0 Å². The molecule has 0 spiro atoms. The van der Waals surface area contributed by atoms with E-state index in [1.807, 2.05) is 0 Å². The van der Waals surface area contributed by atoms with Crippen LogP contribution in [0, 0.1) is 11.7 Å². The Bertz CT molecular complexity index is 1740. The van der Waals surface area contributed by atoms with E-state index in [-0.39, 0.29) is 39.0 Å². The van der Waals surface area contributed by atoms with E-state index in [1.54, 1.807) is 25.1 Å². The molecule has 10 nitrogen and oxygen atoms in total. The minimum Gasteiger partial charge on any atom is -0.480 e. The number of halogens is 2. The van der Waals surface area contributed by atoms with Gasteiger partial charge in [-0.3, -0.25) is 18.9 Å². The number of ether oxygens (including phenoxy) is 1. The number of hydrogen-bond acceptors (Lipinski definition) is 7. The van der Waals surface area contributed by atoms with Gasteiger partial charge in [-0.15, -0.1) is 0 Å². The first-order valence-corrected chi connectivity index (χ1v) is 12.9. The Morgan fingerprint density at radius 3 is 2.66 bits per heavy atom. The van der Waals surface area contributed by atoms with E-state index < -0.39 is 27.7 Å². The van der Waals surface area contributed by atoms with Crippen molar-refractivity contribution in [3.63, 3.8) is 0 Å². The zero-order valence-corrected chi connectivity index (χ0v) is 21.8. The van der Waals surface area contributed by atoms with Gasteiger partial charge in [0.15, 0.2) is 0 Å². The summed E-state index contributed by atoms with van der Waals surface area (Å²) < 4.78 is 48.3. The van der Waals surface area contributed by atoms with Crippen molar-refractivity contribution >= 4 is 50.8 Å². The Morgan fingerprint density at radius 1 is 1.21 bits per heavy atom. The molecule has 0 radical (unpaired) electrons. The molecular formula is C25H21ClFN5O5S. The number of carbonyl (C=O) groups is 1. The van der Waals surface area contributed by atoms with Crippen LogP contribution in [0.15, 0.2) is 69.7 Å². The molecule has 196 valence electrons. The largest absolute Gasteiger partial charge is 0.480 e. The molecule has 0 aliphatic rings. The molecule has 1 atom stereocenters. The molecule has 4 rings (SSSR count). The fourth-order valence-corrected chi connectivity index (χ4v) is 5.32. The van der Waals surface area contributed by atoms with Crippen LogP contribution in [0.3, 0.4) is 0 Å². The first-order valence-electron chi connectivity index (χ1n) is 11.1. The topological polar surface area (TPSA) is 133 Å². The number of anilines is 1. The van der Waals surface area contributed by atoms with Crippen molar-refractivity contribution in [1.82, 2.24) is 14.5 Å². The molecule has 0 fully saturated rings. The van der Waals surface area contributed by atoms with Gasteiger partial charge in [0.2, 0.25) is 11.8 Å². The molecule has 2 aromatic carbocycles. The number of nitrogens with zero attached hydrogens (tertiary/aromatic N) is 4. The summed E-state index contributed by atoms with van der Waals surface area (Å²) in [5.41, 5.74) is 1.07. The molecular weight excluding hydrogens is 537 g/mol. The molecule has 2 heterocycles. The van der Waals surface area contributed by atoms with Gasteiger partial charge in [-0.1, -0.05) is 24.6 Å². The van der Waals surface area contributed by atoms with Crippen molar-refractivity contribution in [3.8, 4) is 17.0 Å². The lowest BCUT2D eigenvalue weighted by Gasteiger charge is -2.14. The average molecular weight is 558 g/mol. The van der Waals surface area contributed by atoms with E-state index in [9.17, 15) is 22.4 Å². The number of pyridine rings is 1. The number of methoxy groups -OCH3 is 1. The zero-order valence-electron chi connectivity index (χ0n) is 20.2. The van der Waals surface area contributed by atoms with Gasteiger partial charge in [-0.2, -0.15) is 0 Å². The van der Waals surface area contributed by atoms with E-state index in [1.165, 1.54) is 30.3 Å². The Kier molecular flexibility index (Phi) is 7.56. The van der Waals surface area contributed by atoms with Crippen LogP contribution in [0.2, 0.25) is 5.02 Å². The number of fused-ring (bicyclic) bond motifs is 1. The van der Waals surface area contributed by atoms with Crippen molar-refractivity contribution in [2.75, 3.05) is 11.8 Å². The predicted octanol–water partition coefficient (Wildman–Crippen LogP) is 3.92. The Labute approximate surface area is 221 Å². The third-order valence-electron chi connectivity index (χ3n) is 5.68. The van der Waals surface area contributed by atoms with Gasteiger partial charge < -0.3 is 4.74 Å². The monoisotopic (exact) mass is 557 g/mol. The quantitative estimate of drug-likeness (QED) is 0.325. The Hall–Kier alpha value is -4.16. The third-order valence-corrected chi connectivity index (χ3v) is 7.53. The van der Waals surface area contributed by atoms with E-state index in [0.717, 1.165) is 18.2 Å². The minimum atomic E-state index is -4.23. The highest BCUT2D eigenvalue weighted by Gasteiger charge is 2.22. The van der Waals surface area contributed by atoms with Gasteiger partial charge in [0.25, 0.3) is 15.6 Å². The second-order valence-corrected chi connectivity index (χ2v) is 10.4. The van der Waals surface area contributed by atoms with Crippen LogP contribution in [0.25, 0.3) is 22.0 Å². The van der Waals surface area contributed by atoms with Crippen molar-refractivity contribution in [1.29, 1.82) is 0 Å². The van der Waals surface area contributed by atoms with Crippen LogP contribution in [-0.2, 0) is 21.4 Å². The SMILES string of the molecule is C=NC(=O)C(C)Cn1cnc2ccc(-c3cnc(OC)c(NS(=O)(=O)c4ccc(F)cc4Cl)c3)cc2c1=O. The minimum absolute atomic E-state index is 0.00153. The summed E-state index contributed by atoms with van der Waals surface area (Å²) in [5, 5.41) is -0.00830. The fourth-order valence-electron chi connectivity index (χ4n) is 3.74. The standard InChI is InChI=1S/C25H21ClFN5O5S/c1-14(23(33)28-2)12-32-13-30-20-6-4-15(8-18(20)25(32)34)16-9-21(24(37-3)29-11-16)31-38(35,36)22-7-5-17(27)10-19(22)26/h4-11,13-14,31H,2,12H2,1,3H3. The highest BCUT2D eigenvalue weighted by molar-refractivity contribution is 7.92.